The maximum atomic E-state index is 6.01. The summed E-state index contributed by atoms with van der Waals surface area (Å²) >= 11 is 0. The highest BCUT2D eigenvalue weighted by Gasteiger charge is 2.22. The average molecular weight is 276 g/mol. The first-order valence-electron chi connectivity index (χ1n) is 7.86. The number of benzene rings is 1. The minimum Gasteiger partial charge on any atom is -0.493 e. The van der Waals surface area contributed by atoms with Gasteiger partial charge in [-0.2, -0.15) is 0 Å². The molecule has 3 heteroatoms. The van der Waals surface area contributed by atoms with Crippen LogP contribution in [0.25, 0.3) is 0 Å². The fraction of sp³-hybridized carbons (Fsp3) is 0.647. The third-order valence-electron chi connectivity index (χ3n) is 4.33. The van der Waals surface area contributed by atoms with Gasteiger partial charge in [-0.3, -0.25) is 0 Å². The molecular weight excluding hydrogens is 248 g/mol. The lowest BCUT2D eigenvalue weighted by molar-refractivity contribution is 0.317. The number of anilines is 2. The summed E-state index contributed by atoms with van der Waals surface area (Å²) in [6, 6.07) is 6.71. The number of nitrogen functional groups attached to an aromatic ring is 1. The minimum absolute atomic E-state index is 0.632. The summed E-state index contributed by atoms with van der Waals surface area (Å²) in [5.41, 5.74) is 7.97. The zero-order chi connectivity index (χ0) is 14.5. The van der Waals surface area contributed by atoms with Gasteiger partial charge in [0.2, 0.25) is 0 Å². The molecule has 112 valence electrons. The third kappa shape index (κ3) is 3.81. The molecule has 1 aromatic rings. The topological polar surface area (TPSA) is 38.5 Å². The predicted molar refractivity (Wildman–Crippen MR) is 86.5 cm³/mol. The summed E-state index contributed by atoms with van der Waals surface area (Å²) in [5, 5.41) is 0. The fourth-order valence-corrected chi connectivity index (χ4v) is 2.95. The van der Waals surface area contributed by atoms with E-state index >= 15 is 0 Å². The van der Waals surface area contributed by atoms with Crippen molar-refractivity contribution in [1.82, 2.24) is 0 Å². The molecule has 0 unspecified atom stereocenters. The molecule has 1 aromatic carbocycles. The van der Waals surface area contributed by atoms with E-state index in [2.05, 4.69) is 37.9 Å². The SMILES string of the molecule is CCCOc1cc(N)cc(N(C)C2CCC(C)CC2)c1. The van der Waals surface area contributed by atoms with E-state index < -0.39 is 0 Å². The van der Waals surface area contributed by atoms with Crippen LogP contribution in [0.3, 0.4) is 0 Å². The van der Waals surface area contributed by atoms with Crippen molar-refractivity contribution in [3.8, 4) is 5.75 Å². The summed E-state index contributed by atoms with van der Waals surface area (Å²) in [6.45, 7) is 5.21. The van der Waals surface area contributed by atoms with Crippen molar-refractivity contribution in [3.63, 3.8) is 0 Å². The van der Waals surface area contributed by atoms with E-state index in [4.69, 9.17) is 10.5 Å². The minimum atomic E-state index is 0.632. The smallest absolute Gasteiger partial charge is 0.123 e. The van der Waals surface area contributed by atoms with Crippen molar-refractivity contribution in [1.29, 1.82) is 0 Å². The van der Waals surface area contributed by atoms with Gasteiger partial charge in [-0.1, -0.05) is 13.8 Å². The maximum Gasteiger partial charge on any atom is 0.123 e. The van der Waals surface area contributed by atoms with Crippen LogP contribution in [0.4, 0.5) is 11.4 Å². The number of hydrogen-bond donors (Lipinski definition) is 1. The molecule has 0 heterocycles. The van der Waals surface area contributed by atoms with Gasteiger partial charge in [0.25, 0.3) is 0 Å². The number of hydrogen-bond acceptors (Lipinski definition) is 3. The molecule has 0 saturated heterocycles. The van der Waals surface area contributed by atoms with E-state index in [0.29, 0.717) is 6.04 Å². The highest BCUT2D eigenvalue weighted by Crippen LogP contribution is 2.32. The lowest BCUT2D eigenvalue weighted by atomic mass is 9.86. The Bertz CT molecular complexity index is 425. The Morgan fingerprint density at radius 3 is 2.55 bits per heavy atom. The molecular formula is C17H28N2O. The van der Waals surface area contributed by atoms with E-state index in [1.54, 1.807) is 0 Å². The molecule has 0 bridgehead atoms. The van der Waals surface area contributed by atoms with Crippen LogP contribution in [0.1, 0.15) is 46.0 Å². The molecule has 1 aliphatic rings. The second kappa shape index (κ2) is 6.87. The molecule has 0 aromatic heterocycles. The van der Waals surface area contributed by atoms with Crippen molar-refractivity contribution in [2.45, 2.75) is 52.0 Å². The lowest BCUT2D eigenvalue weighted by Gasteiger charge is -2.35. The zero-order valence-corrected chi connectivity index (χ0v) is 13.1. The van der Waals surface area contributed by atoms with E-state index in [-0.39, 0.29) is 0 Å². The maximum absolute atomic E-state index is 6.01. The van der Waals surface area contributed by atoms with Crippen molar-refractivity contribution in [2.75, 3.05) is 24.3 Å². The predicted octanol–water partition coefficient (Wildman–Crippen LogP) is 4.07. The Balaban J connectivity index is 2.08. The van der Waals surface area contributed by atoms with E-state index in [1.807, 2.05) is 6.07 Å². The van der Waals surface area contributed by atoms with Crippen molar-refractivity contribution >= 4 is 11.4 Å². The Hall–Kier alpha value is -1.38. The average Bonchev–Trinajstić information content (AvgIpc) is 2.44. The molecule has 2 N–H and O–H groups in total. The molecule has 1 fully saturated rings. The van der Waals surface area contributed by atoms with Gasteiger partial charge in [-0.15, -0.1) is 0 Å². The normalized spacial score (nSPS) is 22.6. The Morgan fingerprint density at radius 1 is 1.20 bits per heavy atom. The second-order valence-electron chi connectivity index (χ2n) is 6.13. The first-order chi connectivity index (χ1) is 9.60. The van der Waals surface area contributed by atoms with E-state index in [9.17, 15) is 0 Å². The van der Waals surface area contributed by atoms with Gasteiger partial charge >= 0.3 is 0 Å². The molecule has 1 saturated carbocycles. The fourth-order valence-electron chi connectivity index (χ4n) is 2.95. The van der Waals surface area contributed by atoms with Gasteiger partial charge in [0.05, 0.1) is 6.61 Å². The van der Waals surface area contributed by atoms with Gasteiger partial charge in [-0.05, 0) is 44.1 Å². The largest absolute Gasteiger partial charge is 0.493 e. The molecule has 0 spiro atoms. The summed E-state index contributed by atoms with van der Waals surface area (Å²) in [4.78, 5) is 2.38. The van der Waals surface area contributed by atoms with Crippen LogP contribution in [0.2, 0.25) is 0 Å². The summed E-state index contributed by atoms with van der Waals surface area (Å²) in [6.07, 6.45) is 6.22. The standard InChI is InChI=1S/C17H28N2O/c1-4-9-20-17-11-14(18)10-16(12-17)19(3)15-7-5-13(2)6-8-15/h10-13,15H,4-9,18H2,1-3H3. The van der Waals surface area contributed by atoms with Gasteiger partial charge in [-0.25, -0.2) is 0 Å². The van der Waals surface area contributed by atoms with Crippen molar-refractivity contribution < 1.29 is 4.74 Å². The molecule has 0 atom stereocenters. The molecule has 0 radical (unpaired) electrons. The van der Waals surface area contributed by atoms with Crippen LogP contribution in [0, 0.1) is 5.92 Å². The van der Waals surface area contributed by atoms with Crippen LogP contribution >= 0.6 is 0 Å². The Kier molecular flexibility index (Phi) is 5.16. The monoisotopic (exact) mass is 276 g/mol. The van der Waals surface area contributed by atoms with Crippen LogP contribution in [0.5, 0.6) is 5.75 Å². The Morgan fingerprint density at radius 2 is 1.90 bits per heavy atom. The van der Waals surface area contributed by atoms with Crippen molar-refractivity contribution in [2.24, 2.45) is 5.92 Å². The van der Waals surface area contributed by atoms with Gasteiger partial charge < -0.3 is 15.4 Å². The number of rotatable bonds is 5. The molecule has 0 aliphatic heterocycles. The quantitative estimate of drug-likeness (QED) is 0.824. The number of ether oxygens (including phenoxy) is 1. The first-order valence-corrected chi connectivity index (χ1v) is 7.86. The molecule has 3 nitrogen and oxygen atoms in total. The molecule has 2 rings (SSSR count). The van der Waals surface area contributed by atoms with Gasteiger partial charge in [0.15, 0.2) is 0 Å². The number of nitrogens with zero attached hydrogens (tertiary/aromatic N) is 1. The molecule has 1 aliphatic carbocycles. The van der Waals surface area contributed by atoms with Gasteiger partial charge in [0, 0.05) is 36.6 Å². The molecule has 20 heavy (non-hydrogen) atoms. The van der Waals surface area contributed by atoms with Crippen LogP contribution < -0.4 is 15.4 Å². The lowest BCUT2D eigenvalue weighted by Crippen LogP contribution is -2.34. The number of nitrogens with two attached hydrogens (primary N) is 1. The van der Waals surface area contributed by atoms with E-state index in [0.717, 1.165) is 30.4 Å². The summed E-state index contributed by atoms with van der Waals surface area (Å²) in [5.74, 6) is 1.77. The zero-order valence-electron chi connectivity index (χ0n) is 13.1. The first kappa shape index (κ1) is 15.0. The van der Waals surface area contributed by atoms with Gasteiger partial charge in [0.1, 0.15) is 5.75 Å². The summed E-state index contributed by atoms with van der Waals surface area (Å²) in [7, 11) is 2.18. The highest BCUT2D eigenvalue weighted by molar-refractivity contribution is 5.60. The van der Waals surface area contributed by atoms with Crippen LogP contribution in [-0.4, -0.2) is 19.7 Å². The third-order valence-corrected chi connectivity index (χ3v) is 4.33. The summed E-state index contributed by atoms with van der Waals surface area (Å²) < 4.78 is 5.72. The van der Waals surface area contributed by atoms with Crippen LogP contribution in [-0.2, 0) is 0 Å². The highest BCUT2D eigenvalue weighted by atomic mass is 16.5. The van der Waals surface area contributed by atoms with E-state index in [1.165, 1.54) is 31.4 Å². The van der Waals surface area contributed by atoms with Crippen LogP contribution in [0.15, 0.2) is 18.2 Å². The molecule has 0 amide bonds. The second-order valence-corrected chi connectivity index (χ2v) is 6.13. The van der Waals surface area contributed by atoms with Crippen molar-refractivity contribution in [3.05, 3.63) is 18.2 Å². The Labute approximate surface area is 123 Å².